The number of nitrogens with zero attached hydrogens (tertiary/aromatic N) is 3. The molecule has 0 aliphatic carbocycles. The summed E-state index contributed by atoms with van der Waals surface area (Å²) in [6.07, 6.45) is 2.48. The van der Waals surface area contributed by atoms with Gasteiger partial charge in [-0.05, 0) is 49.9 Å². The first kappa shape index (κ1) is 23.8. The van der Waals surface area contributed by atoms with E-state index in [1.54, 1.807) is 32.9 Å². The monoisotopic (exact) mass is 464 g/mol. The molecule has 1 N–H and O–H groups in total. The van der Waals surface area contributed by atoms with Gasteiger partial charge in [0.25, 0.3) is 5.91 Å². The summed E-state index contributed by atoms with van der Waals surface area (Å²) in [6.45, 7) is 11.3. The molecule has 1 atom stereocenters. The van der Waals surface area contributed by atoms with Crippen LogP contribution in [0, 0.1) is 12.8 Å². The van der Waals surface area contributed by atoms with E-state index in [4.69, 9.17) is 0 Å². The second-order valence-corrected chi connectivity index (χ2v) is 10.9. The van der Waals surface area contributed by atoms with Crippen molar-refractivity contribution in [2.75, 3.05) is 31.5 Å². The van der Waals surface area contributed by atoms with Crippen LogP contribution in [-0.4, -0.2) is 54.7 Å². The van der Waals surface area contributed by atoms with Gasteiger partial charge in [0.15, 0.2) is 5.13 Å². The summed E-state index contributed by atoms with van der Waals surface area (Å²) < 4.78 is 27.3. The number of anilines is 1. The summed E-state index contributed by atoms with van der Waals surface area (Å²) in [6, 6.07) is 4.79. The molecule has 0 spiro atoms. The number of piperidine rings is 1. The van der Waals surface area contributed by atoms with E-state index >= 15 is 0 Å². The van der Waals surface area contributed by atoms with E-state index in [2.05, 4.69) is 22.1 Å². The van der Waals surface area contributed by atoms with Gasteiger partial charge in [-0.2, -0.15) is 4.31 Å². The third-order valence-corrected chi connectivity index (χ3v) is 8.67. The lowest BCUT2D eigenvalue weighted by Crippen LogP contribution is -2.33. The second-order valence-electron chi connectivity index (χ2n) is 8.15. The number of carbonyl (C=O) groups is 1. The van der Waals surface area contributed by atoms with Crippen LogP contribution in [0.5, 0.6) is 0 Å². The van der Waals surface area contributed by atoms with Crippen LogP contribution in [-0.2, 0) is 16.6 Å². The Bertz CT molecular complexity index is 1020. The normalized spacial score (nSPS) is 17.8. The van der Waals surface area contributed by atoms with Gasteiger partial charge in [0, 0.05) is 37.1 Å². The van der Waals surface area contributed by atoms with E-state index in [9.17, 15) is 13.2 Å². The molecule has 1 aromatic carbocycles. The Balaban J connectivity index is 1.72. The predicted octanol–water partition coefficient (Wildman–Crippen LogP) is 3.97. The number of amides is 1. The number of hydrogen-bond donors (Lipinski definition) is 1. The number of aryl methyl sites for hydroxylation is 1. The zero-order valence-electron chi connectivity index (χ0n) is 18.7. The first-order valence-electron chi connectivity index (χ1n) is 10.8. The minimum Gasteiger partial charge on any atom is -0.298 e. The predicted molar refractivity (Wildman–Crippen MR) is 125 cm³/mol. The molecule has 1 unspecified atom stereocenters. The largest absolute Gasteiger partial charge is 0.298 e. The molecular weight excluding hydrogens is 432 g/mol. The molecule has 1 aliphatic rings. The Morgan fingerprint density at radius 1 is 1.32 bits per heavy atom. The number of likely N-dealkylation sites (tertiary alicyclic amines) is 1. The van der Waals surface area contributed by atoms with Crippen LogP contribution in [0.15, 0.2) is 28.5 Å². The molecular formula is C22H32N4O3S2. The summed E-state index contributed by atoms with van der Waals surface area (Å²) in [5.41, 5.74) is 1.87. The molecule has 2 aromatic rings. The van der Waals surface area contributed by atoms with Crippen molar-refractivity contribution in [1.82, 2.24) is 14.2 Å². The highest BCUT2D eigenvalue weighted by molar-refractivity contribution is 7.89. The summed E-state index contributed by atoms with van der Waals surface area (Å²) in [5, 5.41) is 5.32. The second kappa shape index (κ2) is 10.2. The van der Waals surface area contributed by atoms with Gasteiger partial charge in [-0.3, -0.25) is 15.0 Å². The standard InChI is InChI=1S/C22H32N4O3S2/c1-5-26(6-2)31(28,29)20-12-18(10-9-17(20)4)21(27)24-22-23-19(15-30-22)14-25-11-7-8-16(3)13-25/h9-10,12,15-16H,5-8,11,13-14H2,1-4H3,(H,23,24,27). The number of benzene rings is 1. The van der Waals surface area contributed by atoms with Crippen molar-refractivity contribution in [2.45, 2.75) is 52.0 Å². The molecule has 170 valence electrons. The van der Waals surface area contributed by atoms with Crippen molar-refractivity contribution < 1.29 is 13.2 Å². The lowest BCUT2D eigenvalue weighted by molar-refractivity contribution is 0.102. The van der Waals surface area contributed by atoms with Crippen LogP contribution in [0.25, 0.3) is 0 Å². The van der Waals surface area contributed by atoms with Crippen LogP contribution < -0.4 is 5.32 Å². The smallest absolute Gasteiger partial charge is 0.257 e. The first-order chi connectivity index (χ1) is 14.7. The lowest BCUT2D eigenvalue weighted by atomic mass is 10.0. The highest BCUT2D eigenvalue weighted by atomic mass is 32.2. The van der Waals surface area contributed by atoms with Gasteiger partial charge in [-0.25, -0.2) is 13.4 Å². The number of aromatic nitrogens is 1. The van der Waals surface area contributed by atoms with E-state index in [1.165, 1.54) is 34.6 Å². The maximum absolute atomic E-state index is 12.9. The number of nitrogens with one attached hydrogen (secondary N) is 1. The van der Waals surface area contributed by atoms with Crippen LogP contribution in [0.1, 0.15) is 55.2 Å². The highest BCUT2D eigenvalue weighted by Crippen LogP contribution is 2.24. The van der Waals surface area contributed by atoms with E-state index in [0.717, 1.165) is 25.3 Å². The van der Waals surface area contributed by atoms with Gasteiger partial charge >= 0.3 is 0 Å². The first-order valence-corrected chi connectivity index (χ1v) is 13.2. The molecule has 1 aromatic heterocycles. The zero-order chi connectivity index (χ0) is 22.6. The molecule has 1 saturated heterocycles. The van der Waals surface area contributed by atoms with Gasteiger partial charge in [0.2, 0.25) is 10.0 Å². The Labute approximate surface area is 189 Å². The van der Waals surface area contributed by atoms with Gasteiger partial charge in [0.1, 0.15) is 0 Å². The third-order valence-electron chi connectivity index (χ3n) is 5.67. The molecule has 1 aliphatic heterocycles. The van der Waals surface area contributed by atoms with Crippen molar-refractivity contribution in [3.63, 3.8) is 0 Å². The van der Waals surface area contributed by atoms with E-state index in [1.807, 2.05) is 5.38 Å². The highest BCUT2D eigenvalue weighted by Gasteiger charge is 2.25. The van der Waals surface area contributed by atoms with Crippen LogP contribution in [0.3, 0.4) is 0 Å². The summed E-state index contributed by atoms with van der Waals surface area (Å²) in [5.74, 6) is 0.346. The van der Waals surface area contributed by atoms with Crippen molar-refractivity contribution >= 4 is 32.4 Å². The quantitative estimate of drug-likeness (QED) is 0.639. The van der Waals surface area contributed by atoms with Crippen LogP contribution >= 0.6 is 11.3 Å². The van der Waals surface area contributed by atoms with E-state index in [0.29, 0.717) is 35.3 Å². The number of carbonyl (C=O) groups excluding carboxylic acids is 1. The minimum absolute atomic E-state index is 0.169. The summed E-state index contributed by atoms with van der Waals surface area (Å²) >= 11 is 1.39. The summed E-state index contributed by atoms with van der Waals surface area (Å²) in [7, 11) is -3.64. The average Bonchev–Trinajstić information content (AvgIpc) is 3.15. The molecule has 31 heavy (non-hydrogen) atoms. The van der Waals surface area contributed by atoms with Gasteiger partial charge < -0.3 is 0 Å². The third kappa shape index (κ3) is 5.71. The van der Waals surface area contributed by atoms with Crippen LogP contribution in [0.4, 0.5) is 5.13 Å². The number of hydrogen-bond acceptors (Lipinski definition) is 6. The van der Waals surface area contributed by atoms with Gasteiger partial charge in [-0.15, -0.1) is 11.3 Å². The fourth-order valence-corrected chi connectivity index (χ4v) is 6.39. The van der Waals surface area contributed by atoms with Crippen molar-refractivity contribution in [3.8, 4) is 0 Å². The average molecular weight is 465 g/mol. The van der Waals surface area contributed by atoms with Gasteiger partial charge in [0.05, 0.1) is 10.6 Å². The topological polar surface area (TPSA) is 82.6 Å². The molecule has 3 rings (SSSR count). The molecule has 2 heterocycles. The Morgan fingerprint density at radius 2 is 2.06 bits per heavy atom. The van der Waals surface area contributed by atoms with Crippen molar-refractivity contribution in [2.24, 2.45) is 5.92 Å². The molecule has 0 bridgehead atoms. The van der Waals surface area contributed by atoms with Crippen LogP contribution in [0.2, 0.25) is 0 Å². The fourth-order valence-electron chi connectivity index (χ4n) is 3.99. The molecule has 7 nitrogen and oxygen atoms in total. The maximum atomic E-state index is 12.9. The van der Waals surface area contributed by atoms with Crippen molar-refractivity contribution in [1.29, 1.82) is 0 Å². The number of sulfonamides is 1. The lowest BCUT2D eigenvalue weighted by Gasteiger charge is -2.30. The molecule has 1 fully saturated rings. The van der Waals surface area contributed by atoms with E-state index < -0.39 is 10.0 Å². The van der Waals surface area contributed by atoms with Gasteiger partial charge in [-0.1, -0.05) is 26.8 Å². The maximum Gasteiger partial charge on any atom is 0.257 e. The zero-order valence-corrected chi connectivity index (χ0v) is 20.4. The SMILES string of the molecule is CCN(CC)S(=O)(=O)c1cc(C(=O)Nc2nc(CN3CCCC(C)C3)cs2)ccc1C. The summed E-state index contributed by atoms with van der Waals surface area (Å²) in [4.78, 5) is 19.9. The fraction of sp³-hybridized carbons (Fsp3) is 0.545. The van der Waals surface area contributed by atoms with E-state index in [-0.39, 0.29) is 10.8 Å². The molecule has 9 heteroatoms. The molecule has 0 radical (unpaired) electrons. The Hall–Kier alpha value is -1.81. The minimum atomic E-state index is -3.64. The number of thiazole rings is 1. The number of rotatable bonds is 8. The Morgan fingerprint density at radius 3 is 2.74 bits per heavy atom. The molecule has 1 amide bonds. The van der Waals surface area contributed by atoms with Crippen molar-refractivity contribution in [3.05, 3.63) is 40.4 Å². The molecule has 0 saturated carbocycles. The Kier molecular flexibility index (Phi) is 7.85.